The molecule has 6 heteroatoms. The van der Waals surface area contributed by atoms with Crippen LogP contribution in [0.15, 0.2) is 11.8 Å². The van der Waals surface area contributed by atoms with Crippen molar-refractivity contribution < 1.29 is 23.5 Å². The molecular weight excluding hydrogens is 255 g/mol. The van der Waals surface area contributed by atoms with E-state index < -0.39 is 13.5 Å². The Hall–Kier alpha value is -0.510. The molecule has 0 aliphatic heterocycles. The number of ether oxygens (including phenoxy) is 1. The molecule has 1 N–H and O–H groups in total. The number of aliphatic hydroxyl groups is 1. The monoisotopic (exact) mass is 280 g/mol. The Balaban J connectivity index is 4.13. The van der Waals surface area contributed by atoms with Gasteiger partial charge in [0, 0.05) is 0 Å². The summed E-state index contributed by atoms with van der Waals surface area (Å²) in [5, 5.41) is 9.50. The van der Waals surface area contributed by atoms with Crippen LogP contribution >= 0.6 is 7.60 Å². The SMILES string of the molecule is CCCCCCO/C(O)=C/P(=O)(OCC)OCC. The van der Waals surface area contributed by atoms with E-state index in [0.717, 1.165) is 31.5 Å². The fraction of sp³-hybridized carbons (Fsp3) is 0.833. The topological polar surface area (TPSA) is 65.0 Å². The lowest BCUT2D eigenvalue weighted by Crippen LogP contribution is -1.98. The fourth-order valence-electron chi connectivity index (χ4n) is 1.35. The van der Waals surface area contributed by atoms with Crippen molar-refractivity contribution in [2.45, 2.75) is 46.5 Å². The van der Waals surface area contributed by atoms with E-state index in [0.29, 0.717) is 6.61 Å². The molecule has 0 radical (unpaired) electrons. The average Bonchev–Trinajstić information content (AvgIpc) is 2.29. The molecule has 0 saturated heterocycles. The van der Waals surface area contributed by atoms with Crippen LogP contribution in [0.4, 0.5) is 0 Å². The van der Waals surface area contributed by atoms with Gasteiger partial charge in [0.05, 0.1) is 19.8 Å². The Bertz CT molecular complexity index is 268. The second-order valence-electron chi connectivity index (χ2n) is 3.75. The van der Waals surface area contributed by atoms with Crippen LogP contribution in [-0.4, -0.2) is 24.9 Å². The van der Waals surface area contributed by atoms with E-state index in [4.69, 9.17) is 13.8 Å². The highest BCUT2D eigenvalue weighted by Gasteiger charge is 2.22. The van der Waals surface area contributed by atoms with Gasteiger partial charge >= 0.3 is 7.60 Å². The van der Waals surface area contributed by atoms with Crippen molar-refractivity contribution in [1.82, 2.24) is 0 Å². The van der Waals surface area contributed by atoms with Gasteiger partial charge < -0.3 is 18.9 Å². The van der Waals surface area contributed by atoms with Crippen LogP contribution in [0, 0.1) is 0 Å². The van der Waals surface area contributed by atoms with E-state index >= 15 is 0 Å². The molecule has 0 atom stereocenters. The number of hydrogen-bond donors (Lipinski definition) is 1. The Kier molecular flexibility index (Phi) is 10.1. The van der Waals surface area contributed by atoms with Crippen LogP contribution in [-0.2, 0) is 18.3 Å². The van der Waals surface area contributed by atoms with Crippen molar-refractivity contribution in [2.24, 2.45) is 0 Å². The predicted molar refractivity (Wildman–Crippen MR) is 71.7 cm³/mol. The molecule has 0 amide bonds. The van der Waals surface area contributed by atoms with E-state index in [1.54, 1.807) is 13.8 Å². The molecule has 0 unspecified atom stereocenters. The maximum atomic E-state index is 12.0. The summed E-state index contributed by atoms with van der Waals surface area (Å²) in [7, 11) is -3.37. The van der Waals surface area contributed by atoms with Crippen LogP contribution in [0.5, 0.6) is 0 Å². The van der Waals surface area contributed by atoms with Crippen molar-refractivity contribution in [3.63, 3.8) is 0 Å². The zero-order valence-corrected chi connectivity index (χ0v) is 12.4. The van der Waals surface area contributed by atoms with Crippen LogP contribution in [0.3, 0.4) is 0 Å². The van der Waals surface area contributed by atoms with Crippen LogP contribution in [0.25, 0.3) is 0 Å². The van der Waals surface area contributed by atoms with Crippen LogP contribution in [0.2, 0.25) is 0 Å². The molecule has 0 aliphatic rings. The highest BCUT2D eigenvalue weighted by molar-refractivity contribution is 7.57. The maximum Gasteiger partial charge on any atom is 0.361 e. The normalized spacial score (nSPS) is 12.7. The van der Waals surface area contributed by atoms with Crippen molar-refractivity contribution >= 4 is 7.60 Å². The Morgan fingerprint density at radius 2 is 1.72 bits per heavy atom. The molecule has 0 fully saturated rings. The van der Waals surface area contributed by atoms with E-state index in [1.807, 2.05) is 0 Å². The Morgan fingerprint density at radius 3 is 2.22 bits per heavy atom. The first kappa shape index (κ1) is 17.5. The van der Waals surface area contributed by atoms with Gasteiger partial charge in [-0.2, -0.15) is 0 Å². The van der Waals surface area contributed by atoms with Gasteiger partial charge in [-0.1, -0.05) is 26.2 Å². The summed E-state index contributed by atoms with van der Waals surface area (Å²) >= 11 is 0. The predicted octanol–water partition coefficient (Wildman–Crippen LogP) is 4.21. The summed E-state index contributed by atoms with van der Waals surface area (Å²) in [6.07, 6.45) is 4.20. The molecule has 0 rings (SSSR count). The lowest BCUT2D eigenvalue weighted by Gasteiger charge is -2.13. The minimum absolute atomic E-state index is 0.248. The molecule has 18 heavy (non-hydrogen) atoms. The summed E-state index contributed by atoms with van der Waals surface area (Å²) in [5.41, 5.74) is 0. The van der Waals surface area contributed by atoms with Crippen LogP contribution in [0.1, 0.15) is 46.5 Å². The lowest BCUT2D eigenvalue weighted by molar-refractivity contribution is 0.0902. The molecule has 0 aromatic heterocycles. The first-order valence-electron chi connectivity index (χ1n) is 6.51. The number of hydrogen-bond acceptors (Lipinski definition) is 5. The van der Waals surface area contributed by atoms with Gasteiger partial charge in [0.1, 0.15) is 5.82 Å². The smallest absolute Gasteiger partial charge is 0.361 e. The summed E-state index contributed by atoms with van der Waals surface area (Å²) in [4.78, 5) is 0. The third-order valence-electron chi connectivity index (χ3n) is 2.13. The first-order valence-corrected chi connectivity index (χ1v) is 8.12. The maximum absolute atomic E-state index is 12.0. The third-order valence-corrected chi connectivity index (χ3v) is 3.91. The quantitative estimate of drug-likeness (QED) is 0.349. The van der Waals surface area contributed by atoms with Gasteiger partial charge in [0.2, 0.25) is 0 Å². The first-order chi connectivity index (χ1) is 8.58. The Labute approximate surface area is 110 Å². The van der Waals surface area contributed by atoms with Gasteiger partial charge in [-0.05, 0) is 20.3 Å². The molecule has 0 aromatic rings. The molecule has 0 saturated carbocycles. The van der Waals surface area contributed by atoms with E-state index in [-0.39, 0.29) is 13.2 Å². The minimum Gasteiger partial charge on any atom is -0.481 e. The summed E-state index contributed by atoms with van der Waals surface area (Å²) in [6, 6.07) is 0. The summed E-state index contributed by atoms with van der Waals surface area (Å²) in [5.74, 6) is 0.636. The van der Waals surface area contributed by atoms with Gasteiger partial charge in [-0.15, -0.1) is 0 Å². The van der Waals surface area contributed by atoms with Crippen molar-refractivity contribution in [3.8, 4) is 0 Å². The molecular formula is C12H25O5P. The largest absolute Gasteiger partial charge is 0.481 e. The van der Waals surface area contributed by atoms with Gasteiger partial charge in [-0.25, -0.2) is 0 Å². The van der Waals surface area contributed by atoms with Gasteiger partial charge in [-0.3, -0.25) is 4.57 Å². The highest BCUT2D eigenvalue weighted by Crippen LogP contribution is 2.50. The standard InChI is InChI=1S/C12H25O5P/c1-4-7-8-9-10-15-12(13)11-18(14,16-5-2)17-6-3/h11,13H,4-10H2,1-3H3/b12-11+. The molecule has 0 aliphatic carbocycles. The van der Waals surface area contributed by atoms with Crippen molar-refractivity contribution in [3.05, 3.63) is 11.8 Å². The van der Waals surface area contributed by atoms with E-state index in [1.165, 1.54) is 0 Å². The summed E-state index contributed by atoms with van der Waals surface area (Å²) in [6.45, 7) is 6.44. The molecule has 5 nitrogen and oxygen atoms in total. The lowest BCUT2D eigenvalue weighted by atomic mass is 10.2. The number of unbranched alkanes of at least 4 members (excludes halogenated alkanes) is 3. The van der Waals surface area contributed by atoms with Crippen molar-refractivity contribution in [1.29, 1.82) is 0 Å². The molecule has 0 bridgehead atoms. The van der Waals surface area contributed by atoms with Gasteiger partial charge in [0.15, 0.2) is 0 Å². The fourth-order valence-corrected chi connectivity index (χ4v) is 2.64. The van der Waals surface area contributed by atoms with Crippen LogP contribution < -0.4 is 0 Å². The minimum atomic E-state index is -3.37. The second kappa shape index (κ2) is 10.4. The average molecular weight is 280 g/mol. The number of aliphatic hydroxyl groups excluding tert-OH is 1. The Morgan fingerprint density at radius 1 is 1.11 bits per heavy atom. The summed E-state index contributed by atoms with van der Waals surface area (Å²) < 4.78 is 27.1. The highest BCUT2D eigenvalue weighted by atomic mass is 31.2. The van der Waals surface area contributed by atoms with E-state index in [2.05, 4.69) is 6.92 Å². The third kappa shape index (κ3) is 8.56. The van der Waals surface area contributed by atoms with Crippen molar-refractivity contribution in [2.75, 3.05) is 19.8 Å². The molecule has 0 aromatic carbocycles. The zero-order valence-electron chi connectivity index (χ0n) is 11.6. The molecule has 0 spiro atoms. The number of rotatable bonds is 11. The molecule has 0 heterocycles. The molecule has 108 valence electrons. The van der Waals surface area contributed by atoms with Gasteiger partial charge in [0.25, 0.3) is 5.95 Å². The van der Waals surface area contributed by atoms with E-state index in [9.17, 15) is 9.67 Å². The second-order valence-corrected chi connectivity index (χ2v) is 5.61. The zero-order chi connectivity index (χ0) is 13.9.